The van der Waals surface area contributed by atoms with Gasteiger partial charge in [0.1, 0.15) is 5.75 Å². The van der Waals surface area contributed by atoms with Crippen molar-refractivity contribution in [2.24, 2.45) is 0 Å². The van der Waals surface area contributed by atoms with E-state index in [0.29, 0.717) is 11.4 Å². The molecule has 2 atom stereocenters. The number of β-amino-alcohol motifs (C(OH)–C–C–N with tert-alkyl or cyclic N) is 1. The van der Waals surface area contributed by atoms with Gasteiger partial charge in [0, 0.05) is 0 Å². The van der Waals surface area contributed by atoms with Crippen LogP contribution in [0, 0.1) is 6.92 Å². The molecule has 1 heterocycles. The molecule has 2 rings (SSSR count). The van der Waals surface area contributed by atoms with Crippen LogP contribution in [0.25, 0.3) is 0 Å². The van der Waals surface area contributed by atoms with E-state index >= 15 is 0 Å². The Morgan fingerprint density at radius 2 is 2.19 bits per heavy atom. The van der Waals surface area contributed by atoms with Crippen molar-refractivity contribution >= 4 is 17.6 Å². The number of hydrogen-bond donors (Lipinski definition) is 3. The molecule has 2 unspecified atom stereocenters. The highest BCUT2D eigenvalue weighted by Gasteiger charge is 2.36. The molecule has 0 fully saturated rings. The number of nitrogens with zero attached hydrogens (tertiary/aromatic N) is 1. The zero-order valence-electron chi connectivity index (χ0n) is 11.5. The highest BCUT2D eigenvalue weighted by Crippen LogP contribution is 2.35. The van der Waals surface area contributed by atoms with Crippen molar-refractivity contribution in [3.8, 4) is 5.75 Å². The maximum absolute atomic E-state index is 12.3. The zero-order chi connectivity index (χ0) is 15.6. The van der Waals surface area contributed by atoms with Crippen molar-refractivity contribution < 1.29 is 29.6 Å². The largest absolute Gasteiger partial charge is 0.481 e. The lowest BCUT2D eigenvalue weighted by molar-refractivity contribution is -0.142. The molecular formula is C14H17NO6. The van der Waals surface area contributed by atoms with Gasteiger partial charge in [-0.3, -0.25) is 9.59 Å². The number of ether oxygens (including phenoxy) is 1. The van der Waals surface area contributed by atoms with Crippen LogP contribution in [-0.4, -0.2) is 52.6 Å². The predicted molar refractivity (Wildman–Crippen MR) is 73.3 cm³/mol. The van der Waals surface area contributed by atoms with E-state index in [0.717, 1.165) is 5.56 Å². The van der Waals surface area contributed by atoms with Crippen LogP contribution >= 0.6 is 0 Å². The second kappa shape index (κ2) is 6.11. The van der Waals surface area contributed by atoms with E-state index in [-0.39, 0.29) is 6.54 Å². The van der Waals surface area contributed by atoms with E-state index in [4.69, 9.17) is 14.9 Å². The molecule has 0 bridgehead atoms. The molecule has 1 aliphatic heterocycles. The van der Waals surface area contributed by atoms with E-state index in [9.17, 15) is 14.7 Å². The minimum absolute atomic E-state index is 0.120. The van der Waals surface area contributed by atoms with Crippen molar-refractivity contribution in [2.45, 2.75) is 25.6 Å². The van der Waals surface area contributed by atoms with Crippen LogP contribution in [0.15, 0.2) is 18.2 Å². The third-order valence-electron chi connectivity index (χ3n) is 3.18. The number of aliphatic carboxylic acids is 1. The maximum atomic E-state index is 12.3. The molecule has 7 heteroatoms. The average Bonchev–Trinajstić information content (AvgIpc) is 2.42. The molecule has 0 aliphatic carbocycles. The summed E-state index contributed by atoms with van der Waals surface area (Å²) in [5, 5.41) is 27.4. The van der Waals surface area contributed by atoms with E-state index < -0.39 is 37.1 Å². The number of hydrogen-bond acceptors (Lipinski definition) is 5. The lowest BCUT2D eigenvalue weighted by Crippen LogP contribution is -2.49. The van der Waals surface area contributed by atoms with Crippen molar-refractivity contribution in [3.05, 3.63) is 23.8 Å². The summed E-state index contributed by atoms with van der Waals surface area (Å²) in [6, 6.07) is 5.16. The van der Waals surface area contributed by atoms with Gasteiger partial charge in [0.15, 0.2) is 6.10 Å². The summed E-state index contributed by atoms with van der Waals surface area (Å²) in [5.41, 5.74) is 1.36. The molecule has 21 heavy (non-hydrogen) atoms. The number of fused-ring (bicyclic) bond motifs is 1. The number of rotatable bonds is 5. The van der Waals surface area contributed by atoms with Crippen LogP contribution < -0.4 is 9.64 Å². The van der Waals surface area contributed by atoms with Crippen molar-refractivity contribution in [2.75, 3.05) is 18.1 Å². The second-order valence-electron chi connectivity index (χ2n) is 4.96. The lowest BCUT2D eigenvalue weighted by atomic mass is 10.1. The van der Waals surface area contributed by atoms with E-state index in [1.807, 2.05) is 6.92 Å². The summed E-state index contributed by atoms with van der Waals surface area (Å²) in [7, 11) is 0. The van der Waals surface area contributed by atoms with Crippen LogP contribution in [0.5, 0.6) is 5.75 Å². The van der Waals surface area contributed by atoms with Crippen LogP contribution in [0.3, 0.4) is 0 Å². The first kappa shape index (κ1) is 15.3. The molecule has 7 nitrogen and oxygen atoms in total. The number of carbonyl (C=O) groups excluding carboxylic acids is 1. The Kier molecular flexibility index (Phi) is 4.44. The first-order valence-electron chi connectivity index (χ1n) is 6.51. The third kappa shape index (κ3) is 3.32. The zero-order valence-corrected chi connectivity index (χ0v) is 11.5. The number of amides is 1. The molecule has 3 N–H and O–H groups in total. The smallest absolute Gasteiger partial charge is 0.307 e. The Labute approximate surface area is 121 Å². The van der Waals surface area contributed by atoms with Gasteiger partial charge in [-0.05, 0) is 24.6 Å². The summed E-state index contributed by atoms with van der Waals surface area (Å²) in [5.74, 6) is -1.29. The summed E-state index contributed by atoms with van der Waals surface area (Å²) in [6.45, 7) is 1.24. The molecule has 0 saturated heterocycles. The first-order valence-corrected chi connectivity index (χ1v) is 6.51. The van der Waals surface area contributed by atoms with Crippen LogP contribution in [0.1, 0.15) is 12.0 Å². The van der Waals surface area contributed by atoms with Gasteiger partial charge in [-0.15, -0.1) is 0 Å². The number of carboxylic acid groups (broad SMARTS) is 1. The number of aryl methyl sites for hydroxylation is 1. The monoisotopic (exact) mass is 295 g/mol. The molecule has 0 spiro atoms. The summed E-state index contributed by atoms with van der Waals surface area (Å²) < 4.78 is 5.47. The number of carbonyl (C=O) groups is 2. The quantitative estimate of drug-likeness (QED) is 0.701. The Balaban J connectivity index is 2.36. The highest BCUT2D eigenvalue weighted by molar-refractivity contribution is 6.01. The summed E-state index contributed by atoms with van der Waals surface area (Å²) in [4.78, 5) is 24.4. The number of anilines is 1. The molecule has 1 aromatic rings. The van der Waals surface area contributed by atoms with Gasteiger partial charge < -0.3 is 25.0 Å². The molecule has 1 aromatic carbocycles. The topological polar surface area (TPSA) is 107 Å². The third-order valence-corrected chi connectivity index (χ3v) is 3.18. The fraction of sp³-hybridized carbons (Fsp3) is 0.429. The Bertz CT molecular complexity index is 558. The number of aliphatic hydroxyl groups excluding tert-OH is 2. The SMILES string of the molecule is Cc1ccc2c(c1)OC(CC(=O)O)C(=O)N2CC(O)CO. The average molecular weight is 295 g/mol. The highest BCUT2D eigenvalue weighted by atomic mass is 16.5. The van der Waals surface area contributed by atoms with Crippen LogP contribution in [0.4, 0.5) is 5.69 Å². The number of benzene rings is 1. The molecule has 0 aromatic heterocycles. The van der Waals surface area contributed by atoms with Gasteiger partial charge in [0.2, 0.25) is 0 Å². The fourth-order valence-corrected chi connectivity index (χ4v) is 2.18. The fourth-order valence-electron chi connectivity index (χ4n) is 2.18. The van der Waals surface area contributed by atoms with E-state index in [2.05, 4.69) is 0 Å². The van der Waals surface area contributed by atoms with E-state index in [1.54, 1.807) is 18.2 Å². The molecule has 114 valence electrons. The van der Waals surface area contributed by atoms with Crippen molar-refractivity contribution in [1.29, 1.82) is 0 Å². The predicted octanol–water partition coefficient (Wildman–Crippen LogP) is -0.0831. The van der Waals surface area contributed by atoms with Crippen molar-refractivity contribution in [3.63, 3.8) is 0 Å². The second-order valence-corrected chi connectivity index (χ2v) is 4.96. The molecule has 0 saturated carbocycles. The Morgan fingerprint density at radius 1 is 1.48 bits per heavy atom. The van der Waals surface area contributed by atoms with Gasteiger partial charge >= 0.3 is 5.97 Å². The minimum atomic E-state index is -1.15. The van der Waals surface area contributed by atoms with Gasteiger partial charge in [-0.1, -0.05) is 6.07 Å². The normalized spacial score (nSPS) is 18.9. The molecule has 1 aliphatic rings. The van der Waals surface area contributed by atoms with Gasteiger partial charge in [0.05, 0.1) is 31.4 Å². The Hall–Kier alpha value is -2.12. The standard InChI is InChI=1S/C14H17NO6/c1-8-2-3-10-11(4-8)21-12(5-13(18)19)14(20)15(10)6-9(17)7-16/h2-4,9,12,16-17H,5-7H2,1H3,(H,18,19). The van der Waals surface area contributed by atoms with Gasteiger partial charge in [-0.25, -0.2) is 0 Å². The van der Waals surface area contributed by atoms with Gasteiger partial charge in [-0.2, -0.15) is 0 Å². The molecule has 0 radical (unpaired) electrons. The number of carboxylic acids is 1. The van der Waals surface area contributed by atoms with Crippen LogP contribution in [0.2, 0.25) is 0 Å². The van der Waals surface area contributed by atoms with E-state index in [1.165, 1.54) is 4.90 Å². The van der Waals surface area contributed by atoms with Gasteiger partial charge in [0.25, 0.3) is 5.91 Å². The lowest BCUT2D eigenvalue weighted by Gasteiger charge is -2.35. The number of aliphatic hydroxyl groups is 2. The van der Waals surface area contributed by atoms with Crippen LogP contribution in [-0.2, 0) is 9.59 Å². The molecule has 1 amide bonds. The minimum Gasteiger partial charge on any atom is -0.481 e. The summed E-state index contributed by atoms with van der Waals surface area (Å²) in [6.07, 6.45) is -2.70. The first-order chi connectivity index (χ1) is 9.92. The van der Waals surface area contributed by atoms with Crippen molar-refractivity contribution in [1.82, 2.24) is 0 Å². The summed E-state index contributed by atoms with van der Waals surface area (Å²) >= 11 is 0. The maximum Gasteiger partial charge on any atom is 0.307 e. The Morgan fingerprint density at radius 3 is 2.81 bits per heavy atom. The molecular weight excluding hydrogens is 278 g/mol.